The third-order valence-corrected chi connectivity index (χ3v) is 3.30. The lowest BCUT2D eigenvalue weighted by Gasteiger charge is -2.15. The molecule has 0 radical (unpaired) electrons. The Kier molecular flexibility index (Phi) is 4.22. The molecule has 0 aliphatic rings. The second-order valence-electron chi connectivity index (χ2n) is 3.92. The Hall–Kier alpha value is -1.10. The van der Waals surface area contributed by atoms with Gasteiger partial charge in [-0.3, -0.25) is 0 Å². The zero-order chi connectivity index (χ0) is 13.1. The standard InChI is InChI=1S/C12H13Cl2N3O/c1-2-6-17-10(7-15-16-17)12(18)11-8(13)4-3-5-9(11)14/h3-5,7,12,18H,2,6H2,1H3. The van der Waals surface area contributed by atoms with Crippen molar-refractivity contribution in [3.8, 4) is 0 Å². The van der Waals surface area contributed by atoms with Crippen molar-refractivity contribution in [3.63, 3.8) is 0 Å². The van der Waals surface area contributed by atoms with Gasteiger partial charge in [-0.15, -0.1) is 5.10 Å². The highest BCUT2D eigenvalue weighted by molar-refractivity contribution is 6.36. The van der Waals surface area contributed by atoms with E-state index in [1.54, 1.807) is 22.9 Å². The molecular weight excluding hydrogens is 273 g/mol. The summed E-state index contributed by atoms with van der Waals surface area (Å²) in [4.78, 5) is 0. The molecular formula is C12H13Cl2N3O. The van der Waals surface area contributed by atoms with Gasteiger partial charge in [0.1, 0.15) is 6.10 Å². The quantitative estimate of drug-likeness (QED) is 0.939. The Morgan fingerprint density at radius 3 is 2.61 bits per heavy atom. The van der Waals surface area contributed by atoms with Crippen molar-refractivity contribution in [2.24, 2.45) is 0 Å². The zero-order valence-corrected chi connectivity index (χ0v) is 11.4. The molecule has 1 atom stereocenters. The summed E-state index contributed by atoms with van der Waals surface area (Å²) in [6.07, 6.45) is 1.51. The minimum Gasteiger partial charge on any atom is -0.382 e. The van der Waals surface area contributed by atoms with Crippen LogP contribution in [0.4, 0.5) is 0 Å². The van der Waals surface area contributed by atoms with Crippen molar-refractivity contribution >= 4 is 23.2 Å². The molecule has 0 saturated heterocycles. The number of aliphatic hydroxyl groups excluding tert-OH is 1. The van der Waals surface area contributed by atoms with Gasteiger partial charge < -0.3 is 5.11 Å². The summed E-state index contributed by atoms with van der Waals surface area (Å²) >= 11 is 12.2. The topological polar surface area (TPSA) is 50.9 Å². The molecule has 2 rings (SSSR count). The molecule has 0 saturated carbocycles. The van der Waals surface area contributed by atoms with Crippen LogP contribution in [-0.2, 0) is 6.54 Å². The molecule has 4 nitrogen and oxygen atoms in total. The van der Waals surface area contributed by atoms with Crippen molar-refractivity contribution in [1.82, 2.24) is 15.0 Å². The molecule has 6 heteroatoms. The first-order valence-electron chi connectivity index (χ1n) is 5.65. The normalized spacial score (nSPS) is 12.7. The van der Waals surface area contributed by atoms with Crippen molar-refractivity contribution in [1.29, 1.82) is 0 Å². The van der Waals surface area contributed by atoms with E-state index in [1.165, 1.54) is 6.20 Å². The first-order chi connectivity index (χ1) is 8.65. The minimum absolute atomic E-state index is 0.430. The Morgan fingerprint density at radius 2 is 2.00 bits per heavy atom. The van der Waals surface area contributed by atoms with E-state index in [2.05, 4.69) is 10.3 Å². The van der Waals surface area contributed by atoms with Crippen LogP contribution in [0.25, 0.3) is 0 Å². The highest BCUT2D eigenvalue weighted by Crippen LogP contribution is 2.33. The number of aliphatic hydroxyl groups is 1. The highest BCUT2D eigenvalue weighted by Gasteiger charge is 2.21. The van der Waals surface area contributed by atoms with Crippen LogP contribution in [0.2, 0.25) is 10.0 Å². The maximum Gasteiger partial charge on any atom is 0.125 e. The van der Waals surface area contributed by atoms with Gasteiger partial charge in [0.15, 0.2) is 0 Å². The van der Waals surface area contributed by atoms with E-state index in [1.807, 2.05) is 6.92 Å². The summed E-state index contributed by atoms with van der Waals surface area (Å²) in [6.45, 7) is 2.72. The molecule has 0 aliphatic heterocycles. The predicted molar refractivity (Wildman–Crippen MR) is 70.8 cm³/mol. The van der Waals surface area contributed by atoms with Crippen LogP contribution in [0.15, 0.2) is 24.4 Å². The SMILES string of the molecule is CCCn1nncc1C(O)c1c(Cl)cccc1Cl. The molecule has 0 fully saturated rings. The molecule has 0 bridgehead atoms. The molecule has 1 unspecified atom stereocenters. The van der Waals surface area contributed by atoms with Crippen LogP contribution in [0.1, 0.15) is 30.7 Å². The average Bonchev–Trinajstić information content (AvgIpc) is 2.77. The Balaban J connectivity index is 2.41. The second-order valence-corrected chi connectivity index (χ2v) is 4.73. The summed E-state index contributed by atoms with van der Waals surface area (Å²) in [7, 11) is 0. The molecule has 18 heavy (non-hydrogen) atoms. The third-order valence-electron chi connectivity index (χ3n) is 2.64. The first kappa shape index (κ1) is 13.3. The van der Waals surface area contributed by atoms with Gasteiger partial charge in [-0.2, -0.15) is 0 Å². The second kappa shape index (κ2) is 5.69. The predicted octanol–water partition coefficient (Wildman–Crippen LogP) is 3.08. The Morgan fingerprint density at radius 1 is 1.33 bits per heavy atom. The number of halogens is 2. The molecule has 96 valence electrons. The summed E-state index contributed by atoms with van der Waals surface area (Å²) in [5, 5.41) is 19.0. The molecule has 0 amide bonds. The maximum atomic E-state index is 10.4. The molecule has 0 spiro atoms. The zero-order valence-electron chi connectivity index (χ0n) is 9.85. The molecule has 2 aromatic rings. The van der Waals surface area contributed by atoms with Gasteiger partial charge in [0.2, 0.25) is 0 Å². The van der Waals surface area contributed by atoms with Gasteiger partial charge in [0, 0.05) is 22.2 Å². The van der Waals surface area contributed by atoms with Gasteiger partial charge in [-0.25, -0.2) is 4.68 Å². The van der Waals surface area contributed by atoms with Crippen molar-refractivity contribution in [3.05, 3.63) is 45.7 Å². The fourth-order valence-electron chi connectivity index (χ4n) is 1.78. The summed E-state index contributed by atoms with van der Waals surface area (Å²) in [6, 6.07) is 5.13. The van der Waals surface area contributed by atoms with Gasteiger partial charge >= 0.3 is 0 Å². The lowest BCUT2D eigenvalue weighted by atomic mass is 10.1. The monoisotopic (exact) mass is 285 g/mol. The Bertz CT molecular complexity index is 522. The van der Waals surface area contributed by atoms with E-state index in [-0.39, 0.29) is 0 Å². The number of rotatable bonds is 4. The number of aryl methyl sites for hydroxylation is 1. The summed E-state index contributed by atoms with van der Waals surface area (Å²) in [5.41, 5.74) is 1.08. The lowest BCUT2D eigenvalue weighted by Crippen LogP contribution is -2.11. The van der Waals surface area contributed by atoms with Crippen LogP contribution in [0.5, 0.6) is 0 Å². The fourth-order valence-corrected chi connectivity index (χ4v) is 2.39. The van der Waals surface area contributed by atoms with E-state index in [9.17, 15) is 5.11 Å². The van der Waals surface area contributed by atoms with E-state index in [0.717, 1.165) is 6.42 Å². The van der Waals surface area contributed by atoms with E-state index in [0.29, 0.717) is 27.8 Å². The summed E-state index contributed by atoms with van der Waals surface area (Å²) in [5.74, 6) is 0. The third kappa shape index (κ3) is 2.51. The van der Waals surface area contributed by atoms with Crippen molar-refractivity contribution in [2.75, 3.05) is 0 Å². The molecule has 1 N–H and O–H groups in total. The average molecular weight is 286 g/mol. The van der Waals surface area contributed by atoms with Crippen molar-refractivity contribution in [2.45, 2.75) is 26.0 Å². The van der Waals surface area contributed by atoms with Gasteiger partial charge in [-0.05, 0) is 18.6 Å². The number of benzene rings is 1. The van der Waals surface area contributed by atoms with Gasteiger partial charge in [0.25, 0.3) is 0 Å². The fraction of sp³-hybridized carbons (Fsp3) is 0.333. The number of hydrogen-bond donors (Lipinski definition) is 1. The molecule has 0 aliphatic carbocycles. The Labute approximate surface area is 115 Å². The smallest absolute Gasteiger partial charge is 0.125 e. The first-order valence-corrected chi connectivity index (χ1v) is 6.41. The van der Waals surface area contributed by atoms with Gasteiger partial charge in [0.05, 0.1) is 11.9 Å². The number of nitrogens with zero attached hydrogens (tertiary/aromatic N) is 3. The van der Waals surface area contributed by atoms with Crippen LogP contribution in [0.3, 0.4) is 0 Å². The van der Waals surface area contributed by atoms with Crippen LogP contribution in [-0.4, -0.2) is 20.1 Å². The van der Waals surface area contributed by atoms with Crippen LogP contribution in [0, 0.1) is 0 Å². The molecule has 1 aromatic carbocycles. The van der Waals surface area contributed by atoms with E-state index < -0.39 is 6.10 Å². The van der Waals surface area contributed by atoms with E-state index in [4.69, 9.17) is 23.2 Å². The lowest BCUT2D eigenvalue weighted by molar-refractivity contribution is 0.207. The van der Waals surface area contributed by atoms with Crippen molar-refractivity contribution < 1.29 is 5.11 Å². The minimum atomic E-state index is -0.923. The van der Waals surface area contributed by atoms with Crippen LogP contribution < -0.4 is 0 Å². The highest BCUT2D eigenvalue weighted by atomic mass is 35.5. The largest absolute Gasteiger partial charge is 0.382 e. The number of aromatic nitrogens is 3. The maximum absolute atomic E-state index is 10.4. The van der Waals surface area contributed by atoms with Crippen LogP contribution >= 0.6 is 23.2 Å². The van der Waals surface area contributed by atoms with E-state index >= 15 is 0 Å². The summed E-state index contributed by atoms with van der Waals surface area (Å²) < 4.78 is 1.66. The van der Waals surface area contributed by atoms with Gasteiger partial charge in [-0.1, -0.05) is 41.4 Å². The molecule has 1 aromatic heterocycles. The molecule has 1 heterocycles. The number of hydrogen-bond acceptors (Lipinski definition) is 3.